The van der Waals surface area contributed by atoms with E-state index in [0.717, 1.165) is 41.9 Å². The van der Waals surface area contributed by atoms with Crippen LogP contribution in [-0.4, -0.2) is 30.3 Å². The van der Waals surface area contributed by atoms with E-state index < -0.39 is 15.9 Å². The number of aryl methyl sites for hydroxylation is 1. The van der Waals surface area contributed by atoms with E-state index in [2.05, 4.69) is 20.0 Å². The molecular formula is C21H22N4O3S2. The molecule has 1 aliphatic rings. The number of hydrogen-bond acceptors (Lipinski definition) is 6. The first-order valence-electron chi connectivity index (χ1n) is 9.75. The van der Waals surface area contributed by atoms with Crippen LogP contribution < -0.4 is 10.0 Å². The maximum atomic E-state index is 12.7. The lowest BCUT2D eigenvalue weighted by atomic mass is 10.2. The van der Waals surface area contributed by atoms with Crippen LogP contribution in [0.3, 0.4) is 0 Å². The van der Waals surface area contributed by atoms with Gasteiger partial charge in [0.1, 0.15) is 0 Å². The Morgan fingerprint density at radius 2 is 1.93 bits per heavy atom. The number of hydrogen-bond donors (Lipinski definition) is 2. The summed E-state index contributed by atoms with van der Waals surface area (Å²) in [6, 6.07) is 11.6. The second-order valence-corrected chi connectivity index (χ2v) is 9.95. The zero-order valence-electron chi connectivity index (χ0n) is 16.5. The summed E-state index contributed by atoms with van der Waals surface area (Å²) in [5, 5.41) is 3.21. The van der Waals surface area contributed by atoms with Crippen molar-refractivity contribution >= 4 is 32.4 Å². The van der Waals surface area contributed by atoms with Crippen LogP contribution in [-0.2, 0) is 10.0 Å². The smallest absolute Gasteiger partial charge is 0.257 e. The van der Waals surface area contributed by atoms with Crippen LogP contribution in [0.25, 0.3) is 10.6 Å². The van der Waals surface area contributed by atoms with Crippen LogP contribution in [0.5, 0.6) is 0 Å². The standard InChI is InChI=1S/C21H22N4O3S2/c1-14-19(18-11-4-5-12-22-18)29-21(23-14)24-20(26)15-7-6-10-17(13-15)30(27,28)25-16-8-2-3-9-16/h4-7,10-13,16,25H,2-3,8-9H2,1H3,(H,23,24,26). The first-order valence-corrected chi connectivity index (χ1v) is 12.0. The van der Waals surface area contributed by atoms with E-state index in [1.54, 1.807) is 18.3 Å². The Balaban J connectivity index is 1.51. The molecule has 9 heteroatoms. The molecule has 2 N–H and O–H groups in total. The van der Waals surface area contributed by atoms with Crippen molar-refractivity contribution in [1.29, 1.82) is 0 Å². The number of aromatic nitrogens is 2. The number of sulfonamides is 1. The Morgan fingerprint density at radius 3 is 2.67 bits per heavy atom. The summed E-state index contributed by atoms with van der Waals surface area (Å²) >= 11 is 1.33. The van der Waals surface area contributed by atoms with Crippen molar-refractivity contribution < 1.29 is 13.2 Å². The minimum atomic E-state index is -3.66. The Bertz CT molecular complexity index is 1150. The molecule has 2 aromatic heterocycles. The number of carbonyl (C=O) groups is 1. The van der Waals surface area contributed by atoms with Gasteiger partial charge < -0.3 is 0 Å². The molecular weight excluding hydrogens is 420 g/mol. The van der Waals surface area contributed by atoms with Crippen molar-refractivity contribution in [1.82, 2.24) is 14.7 Å². The van der Waals surface area contributed by atoms with E-state index in [4.69, 9.17) is 0 Å². The van der Waals surface area contributed by atoms with Crippen molar-refractivity contribution in [2.24, 2.45) is 0 Å². The SMILES string of the molecule is Cc1nc(NC(=O)c2cccc(S(=O)(=O)NC3CCCC3)c2)sc1-c1ccccn1. The monoisotopic (exact) mass is 442 g/mol. The molecule has 0 unspecified atom stereocenters. The highest BCUT2D eigenvalue weighted by atomic mass is 32.2. The molecule has 1 aromatic carbocycles. The van der Waals surface area contributed by atoms with Gasteiger partial charge in [0.2, 0.25) is 10.0 Å². The highest BCUT2D eigenvalue weighted by molar-refractivity contribution is 7.89. The molecule has 7 nitrogen and oxygen atoms in total. The van der Waals surface area contributed by atoms with Crippen LogP contribution in [0.15, 0.2) is 53.6 Å². The quantitative estimate of drug-likeness (QED) is 0.601. The molecule has 1 saturated carbocycles. The van der Waals surface area contributed by atoms with Crippen molar-refractivity contribution in [2.75, 3.05) is 5.32 Å². The minimum absolute atomic E-state index is 0.0317. The summed E-state index contributed by atoms with van der Waals surface area (Å²) in [5.41, 5.74) is 1.82. The van der Waals surface area contributed by atoms with Crippen molar-refractivity contribution in [3.05, 3.63) is 59.9 Å². The lowest BCUT2D eigenvalue weighted by molar-refractivity contribution is 0.102. The lowest BCUT2D eigenvalue weighted by Gasteiger charge is -2.13. The zero-order chi connectivity index (χ0) is 21.1. The first kappa shape index (κ1) is 20.6. The fourth-order valence-electron chi connectivity index (χ4n) is 3.49. The normalized spacial score (nSPS) is 14.7. The van der Waals surface area contributed by atoms with Crippen LogP contribution in [0.1, 0.15) is 41.7 Å². The van der Waals surface area contributed by atoms with Gasteiger partial charge in [0.25, 0.3) is 5.91 Å². The van der Waals surface area contributed by atoms with Crippen LogP contribution in [0.2, 0.25) is 0 Å². The van der Waals surface area contributed by atoms with E-state index in [9.17, 15) is 13.2 Å². The fourth-order valence-corrected chi connectivity index (χ4v) is 5.78. The second-order valence-electron chi connectivity index (χ2n) is 7.23. The molecule has 1 fully saturated rings. The number of pyridine rings is 1. The van der Waals surface area contributed by atoms with Gasteiger partial charge in [0.05, 0.1) is 21.2 Å². The van der Waals surface area contributed by atoms with E-state index in [0.29, 0.717) is 5.13 Å². The Hall–Kier alpha value is -2.62. The maximum Gasteiger partial charge on any atom is 0.257 e. The molecule has 0 radical (unpaired) electrons. The minimum Gasteiger partial charge on any atom is -0.298 e. The van der Waals surface area contributed by atoms with E-state index in [1.165, 1.54) is 23.5 Å². The number of rotatable bonds is 6. The molecule has 4 rings (SSSR count). The number of thiazole rings is 1. The molecule has 0 atom stereocenters. The topological polar surface area (TPSA) is 101 Å². The predicted octanol–water partition coefficient (Wildman–Crippen LogP) is 3.99. The third-order valence-electron chi connectivity index (χ3n) is 5.00. The van der Waals surface area contributed by atoms with Crippen molar-refractivity contribution in [2.45, 2.75) is 43.5 Å². The van der Waals surface area contributed by atoms with E-state index in [1.807, 2.05) is 25.1 Å². The lowest BCUT2D eigenvalue weighted by Crippen LogP contribution is -2.32. The maximum absolute atomic E-state index is 12.7. The Kier molecular flexibility index (Phi) is 5.94. The third-order valence-corrected chi connectivity index (χ3v) is 7.61. The second kappa shape index (κ2) is 8.63. The van der Waals surface area contributed by atoms with Gasteiger partial charge in [-0.25, -0.2) is 18.1 Å². The van der Waals surface area contributed by atoms with Gasteiger partial charge in [-0.1, -0.05) is 36.3 Å². The molecule has 0 bridgehead atoms. The number of anilines is 1. The largest absolute Gasteiger partial charge is 0.298 e. The predicted molar refractivity (Wildman–Crippen MR) is 117 cm³/mol. The molecule has 156 valence electrons. The average molecular weight is 443 g/mol. The summed E-state index contributed by atoms with van der Waals surface area (Å²) in [4.78, 5) is 22.4. The number of amides is 1. The molecule has 30 heavy (non-hydrogen) atoms. The van der Waals surface area contributed by atoms with Gasteiger partial charge in [-0.2, -0.15) is 0 Å². The van der Waals surface area contributed by atoms with Crippen LogP contribution in [0.4, 0.5) is 5.13 Å². The van der Waals surface area contributed by atoms with Gasteiger partial charge in [0.15, 0.2) is 5.13 Å². The summed E-state index contributed by atoms with van der Waals surface area (Å²) in [7, 11) is -3.66. The molecule has 0 saturated heterocycles. The molecule has 2 heterocycles. The molecule has 3 aromatic rings. The Morgan fingerprint density at radius 1 is 1.13 bits per heavy atom. The van der Waals surface area contributed by atoms with Gasteiger partial charge in [0, 0.05) is 17.8 Å². The molecule has 1 aliphatic carbocycles. The number of carbonyl (C=O) groups excluding carboxylic acids is 1. The van der Waals surface area contributed by atoms with Gasteiger partial charge in [-0.05, 0) is 50.1 Å². The zero-order valence-corrected chi connectivity index (χ0v) is 18.1. The molecule has 0 aliphatic heterocycles. The molecule has 1 amide bonds. The highest BCUT2D eigenvalue weighted by Crippen LogP contribution is 2.31. The van der Waals surface area contributed by atoms with E-state index in [-0.39, 0.29) is 16.5 Å². The number of nitrogens with one attached hydrogen (secondary N) is 2. The fraction of sp³-hybridized carbons (Fsp3) is 0.286. The van der Waals surface area contributed by atoms with Crippen LogP contribution in [0, 0.1) is 6.92 Å². The molecule has 0 spiro atoms. The van der Waals surface area contributed by atoms with Crippen molar-refractivity contribution in [3.8, 4) is 10.6 Å². The number of nitrogens with zero attached hydrogens (tertiary/aromatic N) is 2. The first-order chi connectivity index (χ1) is 14.4. The van der Waals surface area contributed by atoms with Gasteiger partial charge in [-0.3, -0.25) is 15.1 Å². The summed E-state index contributed by atoms with van der Waals surface area (Å²) in [6.45, 7) is 1.86. The summed E-state index contributed by atoms with van der Waals surface area (Å²) in [5.74, 6) is -0.408. The van der Waals surface area contributed by atoms with Crippen LogP contribution >= 0.6 is 11.3 Å². The Labute approximate surface area is 179 Å². The summed E-state index contributed by atoms with van der Waals surface area (Å²) in [6.07, 6.45) is 5.47. The highest BCUT2D eigenvalue weighted by Gasteiger charge is 2.23. The summed E-state index contributed by atoms with van der Waals surface area (Å²) < 4.78 is 28.1. The van der Waals surface area contributed by atoms with E-state index >= 15 is 0 Å². The van der Waals surface area contributed by atoms with Crippen molar-refractivity contribution in [3.63, 3.8) is 0 Å². The third kappa shape index (κ3) is 4.58. The number of benzene rings is 1. The van der Waals surface area contributed by atoms with Gasteiger partial charge in [-0.15, -0.1) is 0 Å². The average Bonchev–Trinajstić information content (AvgIpc) is 3.37. The van der Waals surface area contributed by atoms with Gasteiger partial charge >= 0.3 is 0 Å².